The van der Waals surface area contributed by atoms with Crippen LogP contribution in [0, 0.1) is 6.92 Å². The summed E-state index contributed by atoms with van der Waals surface area (Å²) in [6.45, 7) is 5.74. The van der Waals surface area contributed by atoms with Gasteiger partial charge in [-0.2, -0.15) is 0 Å². The van der Waals surface area contributed by atoms with Crippen LogP contribution in [0.1, 0.15) is 25.3 Å². The molecule has 0 radical (unpaired) electrons. The third-order valence-electron chi connectivity index (χ3n) is 4.90. The first-order chi connectivity index (χ1) is 13.4. The zero-order chi connectivity index (χ0) is 20.1. The fraction of sp³-hybridized carbons (Fsp3) is 0.409. The molecule has 3 rings (SSSR count). The van der Waals surface area contributed by atoms with Crippen molar-refractivity contribution >= 4 is 23.2 Å². The van der Waals surface area contributed by atoms with Gasteiger partial charge in [0.1, 0.15) is 17.6 Å². The number of rotatable bonds is 6. The number of carbonyl (C=O) groups excluding carboxylic acids is 1. The molecule has 0 unspecified atom stereocenters. The standard InChI is InChI=1S/C22H27ClN2O3/c1-15-14-20(8-9-21(15)23)27-16(2)22(26)24-17-4-6-18(7-5-17)28-19-10-12-25(3)13-11-19/h4-9,14,16,19H,10-13H2,1-3H3,(H,24,26)/t16-/m1/s1. The molecule has 28 heavy (non-hydrogen) atoms. The maximum Gasteiger partial charge on any atom is 0.265 e. The number of aryl methyl sites for hydroxylation is 1. The maximum absolute atomic E-state index is 12.4. The Morgan fingerprint density at radius 2 is 1.79 bits per heavy atom. The second kappa shape index (κ2) is 9.30. The molecule has 2 aromatic carbocycles. The van der Waals surface area contributed by atoms with E-state index in [4.69, 9.17) is 21.1 Å². The Labute approximate surface area is 171 Å². The monoisotopic (exact) mass is 402 g/mol. The van der Waals surface area contributed by atoms with Crippen LogP contribution in [0.5, 0.6) is 11.5 Å². The molecule has 150 valence electrons. The van der Waals surface area contributed by atoms with E-state index in [0.29, 0.717) is 16.5 Å². The van der Waals surface area contributed by atoms with Crippen LogP contribution in [-0.4, -0.2) is 43.2 Å². The molecule has 0 aromatic heterocycles. The second-order valence-electron chi connectivity index (χ2n) is 7.31. The van der Waals surface area contributed by atoms with Crippen LogP contribution in [-0.2, 0) is 4.79 Å². The van der Waals surface area contributed by atoms with Gasteiger partial charge in [-0.05, 0) is 81.8 Å². The van der Waals surface area contributed by atoms with E-state index in [9.17, 15) is 4.79 Å². The first-order valence-corrected chi connectivity index (χ1v) is 9.97. The second-order valence-corrected chi connectivity index (χ2v) is 7.71. The van der Waals surface area contributed by atoms with Crippen molar-refractivity contribution in [1.29, 1.82) is 0 Å². The summed E-state index contributed by atoms with van der Waals surface area (Å²) in [5.41, 5.74) is 1.62. The van der Waals surface area contributed by atoms with Crippen molar-refractivity contribution < 1.29 is 14.3 Å². The van der Waals surface area contributed by atoms with Crippen LogP contribution in [0.25, 0.3) is 0 Å². The van der Waals surface area contributed by atoms with Crippen LogP contribution in [0.2, 0.25) is 5.02 Å². The molecule has 1 heterocycles. The number of nitrogens with one attached hydrogen (secondary N) is 1. The topological polar surface area (TPSA) is 50.8 Å². The molecule has 1 fully saturated rings. The van der Waals surface area contributed by atoms with Crippen LogP contribution in [0.4, 0.5) is 5.69 Å². The average molecular weight is 403 g/mol. The van der Waals surface area contributed by atoms with Gasteiger partial charge in [0.05, 0.1) is 0 Å². The molecule has 2 aromatic rings. The van der Waals surface area contributed by atoms with Crippen LogP contribution < -0.4 is 14.8 Å². The summed E-state index contributed by atoms with van der Waals surface area (Å²) < 4.78 is 11.8. The highest BCUT2D eigenvalue weighted by atomic mass is 35.5. The predicted octanol–water partition coefficient (Wildman–Crippen LogP) is 4.53. The number of piperidine rings is 1. The Bertz CT molecular complexity index is 802. The minimum Gasteiger partial charge on any atom is -0.490 e. The normalized spacial score (nSPS) is 16.4. The SMILES string of the molecule is Cc1cc(O[C@H](C)C(=O)Nc2ccc(OC3CCN(C)CC3)cc2)ccc1Cl. The number of amides is 1. The molecule has 1 atom stereocenters. The number of hydrogen-bond acceptors (Lipinski definition) is 4. The van der Waals surface area contributed by atoms with Crippen molar-refractivity contribution in [3.63, 3.8) is 0 Å². The van der Waals surface area contributed by atoms with Gasteiger partial charge in [-0.25, -0.2) is 0 Å². The lowest BCUT2D eigenvalue weighted by Gasteiger charge is -2.29. The van der Waals surface area contributed by atoms with Crippen molar-refractivity contribution in [2.24, 2.45) is 0 Å². The van der Waals surface area contributed by atoms with Gasteiger partial charge in [-0.3, -0.25) is 4.79 Å². The van der Waals surface area contributed by atoms with E-state index in [1.54, 1.807) is 19.1 Å². The molecule has 0 bridgehead atoms. The lowest BCUT2D eigenvalue weighted by molar-refractivity contribution is -0.122. The molecule has 0 spiro atoms. The molecular formula is C22H27ClN2O3. The summed E-state index contributed by atoms with van der Waals surface area (Å²) in [6.07, 6.45) is 1.70. The molecule has 6 heteroatoms. The molecule has 1 aliphatic heterocycles. The number of anilines is 1. The third-order valence-corrected chi connectivity index (χ3v) is 5.33. The minimum atomic E-state index is -0.629. The van der Waals surface area contributed by atoms with Crippen LogP contribution in [0.3, 0.4) is 0 Å². The van der Waals surface area contributed by atoms with Gasteiger partial charge in [0, 0.05) is 23.8 Å². The summed E-state index contributed by atoms with van der Waals surface area (Å²) >= 11 is 6.02. The Morgan fingerprint density at radius 3 is 2.43 bits per heavy atom. The molecule has 5 nitrogen and oxygen atoms in total. The van der Waals surface area contributed by atoms with Gasteiger partial charge >= 0.3 is 0 Å². The van der Waals surface area contributed by atoms with Gasteiger partial charge < -0.3 is 19.7 Å². The highest BCUT2D eigenvalue weighted by molar-refractivity contribution is 6.31. The zero-order valence-electron chi connectivity index (χ0n) is 16.6. The Hall–Kier alpha value is -2.24. The van der Waals surface area contributed by atoms with Gasteiger partial charge in [-0.1, -0.05) is 11.6 Å². The molecular weight excluding hydrogens is 376 g/mol. The number of ether oxygens (including phenoxy) is 2. The van der Waals surface area contributed by atoms with Crippen molar-refractivity contribution in [2.75, 3.05) is 25.5 Å². The lowest BCUT2D eigenvalue weighted by Crippen LogP contribution is -2.35. The minimum absolute atomic E-state index is 0.211. The lowest BCUT2D eigenvalue weighted by atomic mass is 10.1. The van der Waals surface area contributed by atoms with Gasteiger partial charge in [0.25, 0.3) is 5.91 Å². The van der Waals surface area contributed by atoms with E-state index in [-0.39, 0.29) is 12.0 Å². The number of benzene rings is 2. The summed E-state index contributed by atoms with van der Waals surface area (Å²) in [5.74, 6) is 1.23. The summed E-state index contributed by atoms with van der Waals surface area (Å²) in [5, 5.41) is 3.55. The molecule has 1 N–H and O–H groups in total. The Kier molecular flexibility index (Phi) is 6.81. The Balaban J connectivity index is 1.51. The maximum atomic E-state index is 12.4. The molecule has 0 aliphatic carbocycles. The largest absolute Gasteiger partial charge is 0.490 e. The first kappa shape index (κ1) is 20.5. The van der Waals surface area contributed by atoms with E-state index in [2.05, 4.69) is 17.3 Å². The predicted molar refractivity (Wildman–Crippen MR) is 112 cm³/mol. The van der Waals surface area contributed by atoms with Crippen LogP contribution in [0.15, 0.2) is 42.5 Å². The highest BCUT2D eigenvalue weighted by Gasteiger charge is 2.18. The fourth-order valence-electron chi connectivity index (χ4n) is 3.10. The number of carbonyl (C=O) groups is 1. The Morgan fingerprint density at radius 1 is 1.14 bits per heavy atom. The summed E-state index contributed by atoms with van der Waals surface area (Å²) in [6, 6.07) is 12.8. The molecule has 0 saturated carbocycles. The highest BCUT2D eigenvalue weighted by Crippen LogP contribution is 2.23. The third kappa shape index (κ3) is 5.63. The van der Waals surface area contributed by atoms with Crippen molar-refractivity contribution in [3.8, 4) is 11.5 Å². The van der Waals surface area contributed by atoms with E-state index in [1.165, 1.54) is 0 Å². The zero-order valence-corrected chi connectivity index (χ0v) is 17.3. The van der Waals surface area contributed by atoms with E-state index < -0.39 is 6.10 Å². The number of hydrogen-bond donors (Lipinski definition) is 1. The summed E-state index contributed by atoms with van der Waals surface area (Å²) in [4.78, 5) is 14.7. The molecule has 1 saturated heterocycles. The van der Waals surface area contributed by atoms with Crippen LogP contribution >= 0.6 is 11.6 Å². The van der Waals surface area contributed by atoms with Gasteiger partial charge in [0.2, 0.25) is 0 Å². The fourth-order valence-corrected chi connectivity index (χ4v) is 3.22. The van der Waals surface area contributed by atoms with Gasteiger partial charge in [0.15, 0.2) is 6.10 Å². The van der Waals surface area contributed by atoms with Crippen molar-refractivity contribution in [2.45, 2.75) is 38.9 Å². The number of nitrogens with zero attached hydrogens (tertiary/aromatic N) is 1. The number of likely N-dealkylation sites (tertiary alicyclic amines) is 1. The quantitative estimate of drug-likeness (QED) is 0.771. The van der Waals surface area contributed by atoms with E-state index >= 15 is 0 Å². The van der Waals surface area contributed by atoms with E-state index in [0.717, 1.165) is 37.2 Å². The first-order valence-electron chi connectivity index (χ1n) is 9.59. The van der Waals surface area contributed by atoms with Crippen molar-refractivity contribution in [1.82, 2.24) is 4.90 Å². The average Bonchev–Trinajstić information content (AvgIpc) is 2.68. The number of halogens is 1. The van der Waals surface area contributed by atoms with Gasteiger partial charge in [-0.15, -0.1) is 0 Å². The smallest absolute Gasteiger partial charge is 0.265 e. The summed E-state index contributed by atoms with van der Waals surface area (Å²) in [7, 11) is 2.13. The molecule has 1 amide bonds. The van der Waals surface area contributed by atoms with E-state index in [1.807, 2.05) is 37.3 Å². The van der Waals surface area contributed by atoms with Crippen molar-refractivity contribution in [3.05, 3.63) is 53.1 Å². The molecule has 1 aliphatic rings.